The predicted octanol–water partition coefficient (Wildman–Crippen LogP) is 18.1. The minimum atomic E-state index is -0.660. The Labute approximate surface area is 378 Å². The molecule has 0 atom stereocenters. The van der Waals surface area contributed by atoms with Gasteiger partial charge in [-0.25, -0.2) is 0 Å². The molecule has 0 fully saturated rings. The van der Waals surface area contributed by atoms with Gasteiger partial charge in [0.15, 0.2) is 0 Å². The summed E-state index contributed by atoms with van der Waals surface area (Å²) in [4.78, 5) is 21.2. The SMILES string of the molecule is Cc1cc2c(cc1C)c1cc(CCCCCCCCCCCCCCCCCC(=O)O)c(C)cc1c1cc(CCCCCCCCCCCCCCCCCC(=O)O)c(C)cc21. The number of rotatable bonds is 36. The van der Waals surface area contributed by atoms with E-state index in [9.17, 15) is 9.59 Å². The van der Waals surface area contributed by atoms with Gasteiger partial charge in [0, 0.05) is 12.8 Å². The van der Waals surface area contributed by atoms with E-state index in [1.54, 1.807) is 0 Å². The van der Waals surface area contributed by atoms with E-state index in [-0.39, 0.29) is 0 Å². The number of hydrogen-bond acceptors (Lipinski definition) is 2. The first-order chi connectivity index (χ1) is 30.2. The molecule has 0 saturated heterocycles. The van der Waals surface area contributed by atoms with E-state index in [4.69, 9.17) is 10.2 Å². The fraction of sp³-hybridized carbons (Fsp3) is 0.655. The quantitative estimate of drug-likeness (QED) is 0.0353. The van der Waals surface area contributed by atoms with Crippen LogP contribution in [0.4, 0.5) is 0 Å². The second-order valence-electron chi connectivity index (χ2n) is 19.5. The molecule has 0 heterocycles. The van der Waals surface area contributed by atoms with Crippen LogP contribution in [0, 0.1) is 27.7 Å². The first-order valence-electron chi connectivity index (χ1n) is 26.0. The third-order valence-electron chi connectivity index (χ3n) is 14.1. The first kappa shape index (κ1) is 51.2. The summed E-state index contributed by atoms with van der Waals surface area (Å²) in [6.07, 6.45) is 41.4. The van der Waals surface area contributed by atoms with Crippen molar-refractivity contribution in [3.05, 3.63) is 69.8 Å². The zero-order valence-corrected chi connectivity index (χ0v) is 40.2. The maximum Gasteiger partial charge on any atom is 0.303 e. The van der Waals surface area contributed by atoms with Crippen molar-refractivity contribution in [2.75, 3.05) is 0 Å². The Bertz CT molecular complexity index is 1840. The molecule has 0 aliphatic heterocycles. The Hall–Kier alpha value is -3.40. The molecule has 0 bridgehead atoms. The molecule has 0 radical (unpaired) electrons. The van der Waals surface area contributed by atoms with Crippen LogP contribution in [0.15, 0.2) is 36.4 Å². The van der Waals surface area contributed by atoms with Crippen LogP contribution in [0.5, 0.6) is 0 Å². The molecule has 0 spiro atoms. The fourth-order valence-corrected chi connectivity index (χ4v) is 9.98. The highest BCUT2D eigenvalue weighted by molar-refractivity contribution is 6.26. The van der Waals surface area contributed by atoms with Gasteiger partial charge in [-0.1, -0.05) is 203 Å². The van der Waals surface area contributed by atoms with Crippen molar-refractivity contribution in [2.45, 2.75) is 246 Å². The maximum absolute atomic E-state index is 10.6. The van der Waals surface area contributed by atoms with Gasteiger partial charge in [0.2, 0.25) is 0 Å². The second kappa shape index (κ2) is 29.9. The minimum absolute atomic E-state index is 0.327. The molecule has 0 saturated carbocycles. The molecule has 344 valence electrons. The zero-order valence-electron chi connectivity index (χ0n) is 40.2. The van der Waals surface area contributed by atoms with Crippen LogP contribution in [0.3, 0.4) is 0 Å². The lowest BCUT2D eigenvalue weighted by molar-refractivity contribution is -0.138. The highest BCUT2D eigenvalue weighted by atomic mass is 16.4. The van der Waals surface area contributed by atoms with Gasteiger partial charge in [-0.05, 0) is 132 Å². The normalized spacial score (nSPS) is 11.7. The Kier molecular flexibility index (Phi) is 24.7. The maximum atomic E-state index is 10.6. The number of unbranched alkanes of at least 4 members (excludes halogenated alkanes) is 28. The smallest absolute Gasteiger partial charge is 0.303 e. The number of carboxylic acid groups (broad SMARTS) is 2. The van der Waals surface area contributed by atoms with Gasteiger partial charge in [0.25, 0.3) is 0 Å². The number of carbonyl (C=O) groups is 2. The number of aryl methyl sites for hydroxylation is 6. The lowest BCUT2D eigenvalue weighted by Gasteiger charge is -2.17. The fourth-order valence-electron chi connectivity index (χ4n) is 9.98. The average molecular weight is 849 g/mol. The molecule has 0 aliphatic carbocycles. The molecule has 4 nitrogen and oxygen atoms in total. The molecule has 4 aromatic rings. The van der Waals surface area contributed by atoms with Gasteiger partial charge < -0.3 is 10.2 Å². The van der Waals surface area contributed by atoms with Crippen molar-refractivity contribution in [1.82, 2.24) is 0 Å². The molecule has 0 amide bonds. The topological polar surface area (TPSA) is 74.6 Å². The molecule has 4 heteroatoms. The zero-order chi connectivity index (χ0) is 44.4. The second-order valence-corrected chi connectivity index (χ2v) is 19.5. The number of fused-ring (bicyclic) bond motifs is 6. The van der Waals surface area contributed by atoms with Gasteiger partial charge in [-0.2, -0.15) is 0 Å². The van der Waals surface area contributed by atoms with E-state index in [2.05, 4.69) is 64.1 Å². The lowest BCUT2D eigenvalue weighted by atomic mass is 9.87. The third-order valence-corrected chi connectivity index (χ3v) is 14.1. The van der Waals surface area contributed by atoms with Crippen molar-refractivity contribution in [3.8, 4) is 0 Å². The molecular formula is C58H88O4. The van der Waals surface area contributed by atoms with Crippen LogP contribution >= 0.6 is 0 Å². The van der Waals surface area contributed by atoms with Gasteiger partial charge in [0.05, 0.1) is 0 Å². The molecule has 0 aliphatic rings. The van der Waals surface area contributed by atoms with Crippen molar-refractivity contribution in [1.29, 1.82) is 0 Å². The summed E-state index contributed by atoms with van der Waals surface area (Å²) < 4.78 is 0. The molecule has 0 aromatic heterocycles. The summed E-state index contributed by atoms with van der Waals surface area (Å²) in [6.45, 7) is 9.22. The lowest BCUT2D eigenvalue weighted by Crippen LogP contribution is -1.96. The van der Waals surface area contributed by atoms with Crippen LogP contribution in [0.2, 0.25) is 0 Å². The van der Waals surface area contributed by atoms with Gasteiger partial charge in [0.1, 0.15) is 0 Å². The molecule has 4 rings (SSSR count). The first-order valence-corrected chi connectivity index (χ1v) is 26.0. The van der Waals surface area contributed by atoms with E-state index >= 15 is 0 Å². The Morgan fingerprint density at radius 2 is 0.484 bits per heavy atom. The van der Waals surface area contributed by atoms with Gasteiger partial charge in [-0.3, -0.25) is 9.59 Å². The van der Waals surface area contributed by atoms with Crippen molar-refractivity contribution < 1.29 is 19.8 Å². The van der Waals surface area contributed by atoms with Crippen molar-refractivity contribution in [3.63, 3.8) is 0 Å². The predicted molar refractivity (Wildman–Crippen MR) is 268 cm³/mol. The number of benzene rings is 4. The Morgan fingerprint density at radius 1 is 0.290 bits per heavy atom. The van der Waals surface area contributed by atoms with Crippen LogP contribution in [0.25, 0.3) is 32.3 Å². The number of hydrogen-bond donors (Lipinski definition) is 2. The summed E-state index contributed by atoms with van der Waals surface area (Å²) in [5.41, 5.74) is 8.71. The largest absolute Gasteiger partial charge is 0.481 e. The minimum Gasteiger partial charge on any atom is -0.481 e. The van der Waals surface area contributed by atoms with E-state index in [1.807, 2.05) is 0 Å². The molecule has 0 unspecified atom stereocenters. The third kappa shape index (κ3) is 18.8. The molecule has 62 heavy (non-hydrogen) atoms. The highest BCUT2D eigenvalue weighted by Crippen LogP contribution is 2.39. The van der Waals surface area contributed by atoms with Crippen molar-refractivity contribution >= 4 is 44.3 Å². The van der Waals surface area contributed by atoms with Crippen LogP contribution in [0.1, 0.15) is 239 Å². The number of carboxylic acids is 2. The average Bonchev–Trinajstić information content (AvgIpc) is 3.24. The summed E-state index contributed by atoms with van der Waals surface area (Å²) in [5.74, 6) is -1.32. The van der Waals surface area contributed by atoms with Crippen LogP contribution in [-0.2, 0) is 22.4 Å². The molecular weight excluding hydrogens is 761 g/mol. The summed E-state index contributed by atoms with van der Waals surface area (Å²) in [5, 5.41) is 26.0. The summed E-state index contributed by atoms with van der Waals surface area (Å²) in [7, 11) is 0. The molecule has 4 aromatic carbocycles. The standard InChI is InChI=1S/C58H88O4/c1-45-39-51-52(40-46(45)2)55-43-49(35-31-27-23-19-15-11-7-5-9-13-17-21-25-29-33-37-57(59)60)48(4)42-54(55)56-44-50(47(3)41-53(51)56)36-32-28-24-20-16-12-8-6-10-14-18-22-26-30-34-38-58(61)62/h39-44H,5-38H2,1-4H3,(H,59,60)(H,61,62). The monoisotopic (exact) mass is 849 g/mol. The van der Waals surface area contributed by atoms with E-state index < -0.39 is 11.9 Å². The van der Waals surface area contributed by atoms with E-state index in [1.165, 1.54) is 245 Å². The van der Waals surface area contributed by atoms with E-state index in [0.717, 1.165) is 25.7 Å². The Morgan fingerprint density at radius 3 is 0.726 bits per heavy atom. The van der Waals surface area contributed by atoms with Crippen LogP contribution < -0.4 is 0 Å². The van der Waals surface area contributed by atoms with Gasteiger partial charge in [-0.15, -0.1) is 0 Å². The molecule has 2 N–H and O–H groups in total. The van der Waals surface area contributed by atoms with Crippen LogP contribution in [-0.4, -0.2) is 22.2 Å². The van der Waals surface area contributed by atoms with Crippen molar-refractivity contribution in [2.24, 2.45) is 0 Å². The van der Waals surface area contributed by atoms with E-state index in [0.29, 0.717) is 12.8 Å². The summed E-state index contributed by atoms with van der Waals surface area (Å²) >= 11 is 0. The summed E-state index contributed by atoms with van der Waals surface area (Å²) in [6, 6.07) is 15.1. The van der Waals surface area contributed by atoms with Gasteiger partial charge >= 0.3 is 11.9 Å². The Balaban J connectivity index is 1.18. The highest BCUT2D eigenvalue weighted by Gasteiger charge is 2.15. The number of aliphatic carboxylic acids is 2.